The second-order valence-corrected chi connectivity index (χ2v) is 9.37. The van der Waals surface area contributed by atoms with Crippen molar-refractivity contribution in [1.82, 2.24) is 14.5 Å². The molecule has 144 valence electrons. The van der Waals surface area contributed by atoms with Crippen molar-refractivity contribution in [2.75, 3.05) is 39.3 Å². The van der Waals surface area contributed by atoms with E-state index in [0.29, 0.717) is 49.3 Å². The van der Waals surface area contributed by atoms with E-state index in [2.05, 4.69) is 5.32 Å². The summed E-state index contributed by atoms with van der Waals surface area (Å²) in [6.07, 6.45) is 1.50. The zero-order chi connectivity index (χ0) is 17.6. The highest BCUT2D eigenvalue weighted by atomic mass is 35.5. The van der Waals surface area contributed by atoms with E-state index < -0.39 is 10.0 Å². The second-order valence-electron chi connectivity index (χ2n) is 7.44. The van der Waals surface area contributed by atoms with Gasteiger partial charge in [-0.25, -0.2) is 8.42 Å². The van der Waals surface area contributed by atoms with Crippen LogP contribution in [0, 0.1) is 11.8 Å². The fourth-order valence-corrected chi connectivity index (χ4v) is 5.94. The number of fused-ring (bicyclic) bond motifs is 2. The van der Waals surface area contributed by atoms with Crippen LogP contribution in [0.1, 0.15) is 18.1 Å². The molecule has 0 radical (unpaired) electrons. The van der Waals surface area contributed by atoms with Crippen LogP contribution in [-0.2, 0) is 27.7 Å². The van der Waals surface area contributed by atoms with Crippen molar-refractivity contribution in [1.29, 1.82) is 0 Å². The number of amides is 1. The lowest BCUT2D eigenvalue weighted by Crippen LogP contribution is -2.32. The lowest BCUT2D eigenvalue weighted by molar-refractivity contribution is -0.128. The number of sulfonamides is 1. The summed E-state index contributed by atoms with van der Waals surface area (Å²) in [6, 6.07) is 5.51. The number of benzene rings is 1. The van der Waals surface area contributed by atoms with Gasteiger partial charge in [0.05, 0.1) is 4.90 Å². The minimum atomic E-state index is -3.43. The van der Waals surface area contributed by atoms with Gasteiger partial charge >= 0.3 is 0 Å². The minimum Gasteiger partial charge on any atom is -0.342 e. The Balaban J connectivity index is 0.00000196. The van der Waals surface area contributed by atoms with Crippen LogP contribution in [0.2, 0.25) is 0 Å². The summed E-state index contributed by atoms with van der Waals surface area (Å²) >= 11 is 0. The largest absolute Gasteiger partial charge is 0.342 e. The van der Waals surface area contributed by atoms with Crippen molar-refractivity contribution in [3.8, 4) is 0 Å². The Kier molecular flexibility index (Phi) is 5.63. The third-order valence-electron chi connectivity index (χ3n) is 5.92. The van der Waals surface area contributed by atoms with Gasteiger partial charge in [0.1, 0.15) is 0 Å². The molecule has 1 aromatic rings. The zero-order valence-corrected chi connectivity index (χ0v) is 16.6. The summed E-state index contributed by atoms with van der Waals surface area (Å²) in [5.74, 6) is 0.970. The molecule has 4 rings (SSSR count). The van der Waals surface area contributed by atoms with Crippen molar-refractivity contribution in [2.45, 2.75) is 24.7 Å². The average Bonchev–Trinajstić information content (AvgIpc) is 3.10. The molecule has 0 unspecified atom stereocenters. The third-order valence-corrected chi connectivity index (χ3v) is 7.75. The van der Waals surface area contributed by atoms with Gasteiger partial charge in [-0.15, -0.1) is 12.4 Å². The molecule has 1 N–H and O–H groups in total. The summed E-state index contributed by atoms with van der Waals surface area (Å²) < 4.78 is 27.8. The zero-order valence-electron chi connectivity index (χ0n) is 15.0. The van der Waals surface area contributed by atoms with Crippen LogP contribution in [0.15, 0.2) is 23.1 Å². The van der Waals surface area contributed by atoms with Crippen molar-refractivity contribution in [3.63, 3.8) is 0 Å². The first-order chi connectivity index (χ1) is 11.9. The molecule has 6 nitrogen and oxygen atoms in total. The molecule has 0 spiro atoms. The van der Waals surface area contributed by atoms with E-state index in [1.54, 1.807) is 17.3 Å². The first kappa shape index (κ1) is 19.6. The molecule has 3 aliphatic heterocycles. The Morgan fingerprint density at radius 3 is 2.31 bits per heavy atom. The number of nitrogens with zero attached hydrogens (tertiary/aromatic N) is 2. The molecule has 1 amide bonds. The van der Waals surface area contributed by atoms with Crippen LogP contribution in [0.5, 0.6) is 0 Å². The minimum absolute atomic E-state index is 0. The van der Waals surface area contributed by atoms with E-state index in [1.165, 1.54) is 0 Å². The van der Waals surface area contributed by atoms with Gasteiger partial charge in [0, 0.05) is 33.1 Å². The van der Waals surface area contributed by atoms with E-state index in [9.17, 15) is 13.2 Å². The lowest BCUT2D eigenvalue weighted by atomic mass is 10.0. The molecule has 3 heterocycles. The molecule has 2 fully saturated rings. The van der Waals surface area contributed by atoms with Crippen molar-refractivity contribution >= 4 is 28.3 Å². The molecule has 3 aliphatic rings. The van der Waals surface area contributed by atoms with Gasteiger partial charge in [-0.3, -0.25) is 4.79 Å². The highest BCUT2D eigenvalue weighted by Crippen LogP contribution is 2.31. The standard InChI is InChI=1S/C18H25N3O3S.ClH/c1-13(22)20-6-4-14-2-3-18(8-15(14)5-7-20)25(23,24)21-11-16-9-19-10-17(16)12-21;/h2-3,8,16-17,19H,4-7,9-12H2,1H3;1H/t16-,17+;. The monoisotopic (exact) mass is 399 g/mol. The van der Waals surface area contributed by atoms with Crippen LogP contribution in [0.4, 0.5) is 0 Å². The second kappa shape index (κ2) is 7.46. The van der Waals surface area contributed by atoms with Gasteiger partial charge in [0.25, 0.3) is 0 Å². The van der Waals surface area contributed by atoms with E-state index >= 15 is 0 Å². The molecule has 0 bridgehead atoms. The number of hydrogen-bond donors (Lipinski definition) is 1. The first-order valence-electron chi connectivity index (χ1n) is 9.03. The molecule has 0 aliphatic carbocycles. The van der Waals surface area contributed by atoms with Crippen LogP contribution in [0.3, 0.4) is 0 Å². The molecule has 8 heteroatoms. The van der Waals surface area contributed by atoms with E-state index in [0.717, 1.165) is 30.6 Å². The van der Waals surface area contributed by atoms with Crippen molar-refractivity contribution in [3.05, 3.63) is 29.3 Å². The number of carbonyl (C=O) groups is 1. The van der Waals surface area contributed by atoms with Gasteiger partial charge < -0.3 is 10.2 Å². The smallest absolute Gasteiger partial charge is 0.243 e. The summed E-state index contributed by atoms with van der Waals surface area (Å²) in [6.45, 7) is 6.03. The number of rotatable bonds is 2. The van der Waals surface area contributed by atoms with Crippen molar-refractivity contribution in [2.24, 2.45) is 11.8 Å². The van der Waals surface area contributed by atoms with Crippen molar-refractivity contribution < 1.29 is 13.2 Å². The molecule has 26 heavy (non-hydrogen) atoms. The Morgan fingerprint density at radius 2 is 1.69 bits per heavy atom. The van der Waals surface area contributed by atoms with Gasteiger partial charge in [0.15, 0.2) is 0 Å². The summed E-state index contributed by atoms with van der Waals surface area (Å²) in [5.41, 5.74) is 2.22. The Hall–Kier alpha value is -1.15. The number of halogens is 1. The Labute approximate surface area is 161 Å². The molecular weight excluding hydrogens is 374 g/mol. The number of nitrogens with one attached hydrogen (secondary N) is 1. The third kappa shape index (κ3) is 3.50. The van der Waals surface area contributed by atoms with Crippen LogP contribution < -0.4 is 5.32 Å². The fraction of sp³-hybridized carbons (Fsp3) is 0.611. The number of carbonyl (C=O) groups excluding carboxylic acids is 1. The highest BCUT2D eigenvalue weighted by Gasteiger charge is 2.41. The SMILES string of the molecule is CC(=O)N1CCc2ccc(S(=O)(=O)N3C[C@H]4CNC[C@H]4C3)cc2CC1.Cl. The van der Waals surface area contributed by atoms with E-state index in [4.69, 9.17) is 0 Å². The summed E-state index contributed by atoms with van der Waals surface area (Å²) in [7, 11) is -3.43. The first-order valence-corrected chi connectivity index (χ1v) is 10.5. The fourth-order valence-electron chi connectivity index (χ4n) is 4.33. The van der Waals surface area contributed by atoms with Gasteiger partial charge in [-0.2, -0.15) is 4.31 Å². The summed E-state index contributed by atoms with van der Waals surface area (Å²) in [5, 5.41) is 3.34. The van der Waals surface area contributed by atoms with Gasteiger partial charge in [-0.05, 0) is 61.0 Å². The maximum Gasteiger partial charge on any atom is 0.243 e. The Bertz CT molecular complexity index is 787. The van der Waals surface area contributed by atoms with E-state index in [-0.39, 0.29) is 18.3 Å². The molecule has 2 atom stereocenters. The maximum atomic E-state index is 13.1. The molecule has 2 saturated heterocycles. The highest BCUT2D eigenvalue weighted by molar-refractivity contribution is 7.89. The van der Waals surface area contributed by atoms with Gasteiger partial charge in [0.2, 0.25) is 15.9 Å². The van der Waals surface area contributed by atoms with Crippen LogP contribution >= 0.6 is 12.4 Å². The Morgan fingerprint density at radius 1 is 1.08 bits per heavy atom. The topological polar surface area (TPSA) is 69.7 Å². The quantitative estimate of drug-likeness (QED) is 0.802. The average molecular weight is 400 g/mol. The normalized spacial score (nSPS) is 26.0. The van der Waals surface area contributed by atoms with Gasteiger partial charge in [-0.1, -0.05) is 6.07 Å². The predicted octanol–water partition coefficient (Wildman–Crippen LogP) is 0.895. The molecule has 1 aromatic carbocycles. The molecule has 0 aromatic heterocycles. The lowest BCUT2D eigenvalue weighted by Gasteiger charge is -2.18. The molecule has 0 saturated carbocycles. The molecular formula is C18H26ClN3O3S. The predicted molar refractivity (Wildman–Crippen MR) is 102 cm³/mol. The maximum absolute atomic E-state index is 13.1. The van der Waals surface area contributed by atoms with Crippen LogP contribution in [-0.4, -0.2) is 62.8 Å². The van der Waals surface area contributed by atoms with Crippen LogP contribution in [0.25, 0.3) is 0 Å². The number of hydrogen-bond acceptors (Lipinski definition) is 4. The van der Waals surface area contributed by atoms with E-state index in [1.807, 2.05) is 17.0 Å². The summed E-state index contributed by atoms with van der Waals surface area (Å²) in [4.78, 5) is 13.9.